The Bertz CT molecular complexity index is 958. The van der Waals surface area contributed by atoms with Gasteiger partial charge in [0.15, 0.2) is 18.2 Å². The number of ether oxygens (including phenoxy) is 8. The van der Waals surface area contributed by atoms with Gasteiger partial charge in [0.05, 0.1) is 26.4 Å². The van der Waals surface area contributed by atoms with Crippen molar-refractivity contribution in [2.24, 2.45) is 23.7 Å². The van der Waals surface area contributed by atoms with Crippen molar-refractivity contribution in [1.29, 1.82) is 0 Å². The van der Waals surface area contributed by atoms with Gasteiger partial charge in [-0.05, 0) is 156 Å². The standard InChI is InChI=1S/C21H38O5.C19H34O5/c1-20(2,3)26-19(22)21(4,5)25-15-17-10-8-9-16(13-17)14-24-18-11-6-7-12-23-18;1-19(2,3)24-17(20)14-21-12-15-7-6-8-16(11-15)13-23-18-9-4-5-10-22-18/h16-18H,6-15H2,1-5H3;15-16,18H,4-14H2,1-3H3/t16-,17+,18?;15-,16+,18?/m01/s1. The maximum absolute atomic E-state index is 12.3. The minimum absolute atomic E-state index is 0.00236. The van der Waals surface area contributed by atoms with Crippen LogP contribution in [0.15, 0.2) is 0 Å². The zero-order chi connectivity index (χ0) is 36.6. The summed E-state index contributed by atoms with van der Waals surface area (Å²) in [6, 6.07) is 0. The molecule has 292 valence electrons. The summed E-state index contributed by atoms with van der Waals surface area (Å²) in [4.78, 5) is 24.0. The highest BCUT2D eigenvalue weighted by molar-refractivity contribution is 5.78. The van der Waals surface area contributed by atoms with Gasteiger partial charge in [-0.3, -0.25) is 0 Å². The summed E-state index contributed by atoms with van der Waals surface area (Å²) in [6.07, 6.45) is 16.1. The van der Waals surface area contributed by atoms with Crippen molar-refractivity contribution < 1.29 is 47.5 Å². The average molecular weight is 713 g/mol. The Morgan fingerprint density at radius 3 is 1.46 bits per heavy atom. The summed E-state index contributed by atoms with van der Waals surface area (Å²) in [5.74, 6) is 1.56. The maximum Gasteiger partial charge on any atom is 0.338 e. The van der Waals surface area contributed by atoms with Crippen LogP contribution < -0.4 is 0 Å². The zero-order valence-electron chi connectivity index (χ0n) is 32.9. The van der Waals surface area contributed by atoms with Crippen molar-refractivity contribution in [3.05, 3.63) is 0 Å². The van der Waals surface area contributed by atoms with Crippen molar-refractivity contribution in [3.63, 3.8) is 0 Å². The van der Waals surface area contributed by atoms with E-state index >= 15 is 0 Å². The molecule has 2 aliphatic carbocycles. The summed E-state index contributed by atoms with van der Waals surface area (Å²) < 4.78 is 45.5. The molecule has 0 N–H and O–H groups in total. The largest absolute Gasteiger partial charge is 0.458 e. The van der Waals surface area contributed by atoms with E-state index in [0.717, 1.165) is 71.4 Å². The van der Waals surface area contributed by atoms with E-state index < -0.39 is 16.8 Å². The first-order chi connectivity index (χ1) is 23.6. The van der Waals surface area contributed by atoms with Crippen LogP contribution in [0.25, 0.3) is 0 Å². The normalized spacial score (nSPS) is 28.2. The van der Waals surface area contributed by atoms with Gasteiger partial charge in [0, 0.05) is 13.2 Å². The number of hydrogen-bond donors (Lipinski definition) is 0. The van der Waals surface area contributed by atoms with E-state index in [9.17, 15) is 9.59 Å². The Balaban J connectivity index is 0.000000271. The molecule has 2 saturated heterocycles. The first-order valence-corrected chi connectivity index (χ1v) is 19.7. The van der Waals surface area contributed by atoms with E-state index in [1.165, 1.54) is 44.9 Å². The van der Waals surface area contributed by atoms with E-state index in [-0.39, 0.29) is 31.1 Å². The van der Waals surface area contributed by atoms with E-state index in [2.05, 4.69) is 0 Å². The lowest BCUT2D eigenvalue weighted by molar-refractivity contribution is -0.182. The Labute approximate surface area is 303 Å². The number of hydrogen-bond acceptors (Lipinski definition) is 10. The monoisotopic (exact) mass is 713 g/mol. The van der Waals surface area contributed by atoms with Crippen LogP contribution in [0, 0.1) is 23.7 Å². The van der Waals surface area contributed by atoms with Gasteiger partial charge in [0.1, 0.15) is 17.8 Å². The fourth-order valence-corrected chi connectivity index (χ4v) is 7.05. The van der Waals surface area contributed by atoms with Crippen molar-refractivity contribution in [1.82, 2.24) is 0 Å². The predicted octanol–water partition coefficient (Wildman–Crippen LogP) is 8.17. The van der Waals surface area contributed by atoms with Gasteiger partial charge in [-0.2, -0.15) is 0 Å². The van der Waals surface area contributed by atoms with Crippen molar-refractivity contribution in [3.8, 4) is 0 Å². The Hall–Kier alpha value is -1.30. The van der Waals surface area contributed by atoms with E-state index in [1.807, 2.05) is 41.5 Å². The molecule has 50 heavy (non-hydrogen) atoms. The summed E-state index contributed by atoms with van der Waals surface area (Å²) in [6.45, 7) is 19.3. The SMILES string of the molecule is CC(C)(C)OC(=O)C(C)(C)OC[C@@H]1CCC[C@H](COC2CCCCO2)C1.CC(C)(C)OC(=O)COC[C@@H]1CCC[C@H](COC2CCCCO2)C1. The molecule has 2 aliphatic heterocycles. The lowest BCUT2D eigenvalue weighted by atomic mass is 9.82. The van der Waals surface area contributed by atoms with Gasteiger partial charge in [0.25, 0.3) is 0 Å². The van der Waals surface area contributed by atoms with E-state index in [1.54, 1.807) is 13.8 Å². The first-order valence-electron chi connectivity index (χ1n) is 19.7. The molecular weight excluding hydrogens is 640 g/mol. The van der Waals surface area contributed by atoms with Crippen LogP contribution >= 0.6 is 0 Å². The van der Waals surface area contributed by atoms with E-state index in [4.69, 9.17) is 37.9 Å². The van der Waals surface area contributed by atoms with Gasteiger partial charge in [0.2, 0.25) is 0 Å². The van der Waals surface area contributed by atoms with Crippen LogP contribution in [0.3, 0.4) is 0 Å². The smallest absolute Gasteiger partial charge is 0.338 e. The lowest BCUT2D eigenvalue weighted by Crippen LogP contribution is -2.42. The van der Waals surface area contributed by atoms with Gasteiger partial charge >= 0.3 is 11.9 Å². The molecule has 2 saturated carbocycles. The molecule has 4 rings (SSSR count). The molecule has 0 aromatic heterocycles. The fraction of sp³-hybridized carbons (Fsp3) is 0.950. The Morgan fingerprint density at radius 2 is 1.02 bits per heavy atom. The molecule has 4 aliphatic rings. The molecule has 0 bridgehead atoms. The highest BCUT2D eigenvalue weighted by atomic mass is 16.7. The van der Waals surface area contributed by atoms with Gasteiger partial charge in [-0.25, -0.2) is 9.59 Å². The first kappa shape index (κ1) is 43.1. The maximum atomic E-state index is 12.3. The van der Waals surface area contributed by atoms with E-state index in [0.29, 0.717) is 36.9 Å². The number of rotatable bonds is 14. The van der Waals surface area contributed by atoms with Gasteiger partial charge < -0.3 is 37.9 Å². The average Bonchev–Trinajstić information content (AvgIpc) is 3.06. The van der Waals surface area contributed by atoms with Crippen molar-refractivity contribution >= 4 is 11.9 Å². The molecule has 0 radical (unpaired) electrons. The lowest BCUT2D eigenvalue weighted by Gasteiger charge is -2.33. The molecule has 2 heterocycles. The summed E-state index contributed by atoms with van der Waals surface area (Å²) in [5, 5.41) is 0. The highest BCUT2D eigenvalue weighted by Gasteiger charge is 2.35. The zero-order valence-corrected chi connectivity index (χ0v) is 32.9. The number of esters is 2. The molecule has 10 nitrogen and oxygen atoms in total. The summed E-state index contributed by atoms with van der Waals surface area (Å²) >= 11 is 0. The molecule has 0 amide bonds. The molecular formula is C40H72O10. The summed E-state index contributed by atoms with van der Waals surface area (Å²) in [7, 11) is 0. The highest BCUT2D eigenvalue weighted by Crippen LogP contribution is 2.32. The molecule has 10 heteroatoms. The molecule has 0 aromatic rings. The van der Waals surface area contributed by atoms with Crippen LogP contribution in [0.4, 0.5) is 0 Å². The molecule has 0 spiro atoms. The van der Waals surface area contributed by atoms with Crippen molar-refractivity contribution in [2.75, 3.05) is 46.2 Å². The van der Waals surface area contributed by atoms with Gasteiger partial charge in [-0.15, -0.1) is 0 Å². The van der Waals surface area contributed by atoms with Gasteiger partial charge in [-0.1, -0.05) is 12.8 Å². The van der Waals surface area contributed by atoms with Crippen LogP contribution in [0.1, 0.15) is 145 Å². The second-order valence-electron chi connectivity index (χ2n) is 17.5. The van der Waals surface area contributed by atoms with Crippen LogP contribution in [0.5, 0.6) is 0 Å². The quantitative estimate of drug-likeness (QED) is 0.164. The third-order valence-corrected chi connectivity index (χ3v) is 9.66. The number of carbonyl (C=O) groups excluding carboxylic acids is 2. The van der Waals surface area contributed by atoms with Crippen LogP contribution in [-0.4, -0.2) is 87.6 Å². The Kier molecular flexibility index (Phi) is 18.5. The minimum Gasteiger partial charge on any atom is -0.458 e. The molecule has 6 atom stereocenters. The fourth-order valence-electron chi connectivity index (χ4n) is 7.05. The summed E-state index contributed by atoms with van der Waals surface area (Å²) in [5.41, 5.74) is -1.85. The predicted molar refractivity (Wildman–Crippen MR) is 193 cm³/mol. The minimum atomic E-state index is -0.910. The Morgan fingerprint density at radius 1 is 0.560 bits per heavy atom. The molecule has 0 aromatic carbocycles. The van der Waals surface area contributed by atoms with Crippen molar-refractivity contribution in [2.45, 2.75) is 175 Å². The topological polar surface area (TPSA) is 108 Å². The third-order valence-electron chi connectivity index (χ3n) is 9.66. The third kappa shape index (κ3) is 18.5. The molecule has 2 unspecified atom stereocenters. The number of carbonyl (C=O) groups is 2. The van der Waals surface area contributed by atoms with Crippen LogP contribution in [0.2, 0.25) is 0 Å². The van der Waals surface area contributed by atoms with Crippen LogP contribution in [-0.2, 0) is 47.5 Å². The second-order valence-corrected chi connectivity index (χ2v) is 17.5. The molecule has 4 fully saturated rings. The second kappa shape index (κ2) is 21.4.